The predicted octanol–water partition coefficient (Wildman–Crippen LogP) is 1.69. The van der Waals surface area contributed by atoms with Crippen molar-refractivity contribution in [1.82, 2.24) is 19.4 Å². The molecule has 0 radical (unpaired) electrons. The standard InChI is InChI=1S/C16H21FN4O2S/c1-12-9-19-21(10-12)16-6-5-14(8-15(16)17)24(22,23)20-7-3-4-13(11-20)18-2/h5-6,8-10,13,18H,3-4,7,11H2,1-2H3. The lowest BCUT2D eigenvalue weighted by molar-refractivity contribution is 0.293. The van der Waals surface area contributed by atoms with Crippen LogP contribution in [-0.2, 0) is 10.0 Å². The summed E-state index contributed by atoms with van der Waals surface area (Å²) in [6, 6.07) is 4.09. The minimum absolute atomic E-state index is 0.0237. The second kappa shape index (κ2) is 6.62. The molecule has 2 heterocycles. The van der Waals surface area contributed by atoms with Crippen LogP contribution >= 0.6 is 0 Å². The van der Waals surface area contributed by atoms with Crippen LogP contribution in [0.2, 0.25) is 0 Å². The number of halogens is 1. The van der Waals surface area contributed by atoms with Gasteiger partial charge in [-0.2, -0.15) is 9.40 Å². The quantitative estimate of drug-likeness (QED) is 0.909. The van der Waals surface area contributed by atoms with E-state index in [2.05, 4.69) is 10.4 Å². The third kappa shape index (κ3) is 3.22. The van der Waals surface area contributed by atoms with Crippen LogP contribution in [0.4, 0.5) is 4.39 Å². The van der Waals surface area contributed by atoms with Crippen molar-refractivity contribution in [3.63, 3.8) is 0 Å². The minimum Gasteiger partial charge on any atom is -0.316 e. The van der Waals surface area contributed by atoms with Gasteiger partial charge in [0, 0.05) is 25.3 Å². The first-order valence-corrected chi connectivity index (χ1v) is 9.34. The molecule has 3 rings (SSSR count). The van der Waals surface area contributed by atoms with Gasteiger partial charge >= 0.3 is 0 Å². The van der Waals surface area contributed by atoms with E-state index in [0.29, 0.717) is 13.1 Å². The number of sulfonamides is 1. The van der Waals surface area contributed by atoms with Crippen LogP contribution < -0.4 is 5.32 Å². The fourth-order valence-electron chi connectivity index (χ4n) is 2.92. The number of rotatable bonds is 4. The molecule has 6 nitrogen and oxygen atoms in total. The van der Waals surface area contributed by atoms with Gasteiger partial charge in [0.25, 0.3) is 0 Å². The SMILES string of the molecule is CNC1CCCN(S(=O)(=O)c2ccc(-n3cc(C)cn3)c(F)c2)C1. The number of nitrogens with zero attached hydrogens (tertiary/aromatic N) is 3. The third-order valence-electron chi connectivity index (χ3n) is 4.31. The molecule has 1 aromatic carbocycles. The molecule has 1 aliphatic rings. The van der Waals surface area contributed by atoms with Gasteiger partial charge in [0.2, 0.25) is 10.0 Å². The zero-order valence-corrected chi connectivity index (χ0v) is 14.6. The Morgan fingerprint density at radius 3 is 2.79 bits per heavy atom. The molecule has 1 fully saturated rings. The van der Waals surface area contributed by atoms with Crippen LogP contribution in [0.5, 0.6) is 0 Å². The molecule has 0 saturated carbocycles. The monoisotopic (exact) mass is 352 g/mol. The van der Waals surface area contributed by atoms with E-state index in [1.165, 1.54) is 21.1 Å². The summed E-state index contributed by atoms with van der Waals surface area (Å²) in [7, 11) is -1.88. The van der Waals surface area contributed by atoms with Gasteiger partial charge in [-0.3, -0.25) is 0 Å². The van der Waals surface area contributed by atoms with Crippen LogP contribution in [0.25, 0.3) is 5.69 Å². The lowest BCUT2D eigenvalue weighted by Gasteiger charge is -2.31. The highest BCUT2D eigenvalue weighted by molar-refractivity contribution is 7.89. The predicted molar refractivity (Wildman–Crippen MR) is 89.1 cm³/mol. The maximum absolute atomic E-state index is 14.4. The minimum atomic E-state index is -3.70. The first-order chi connectivity index (χ1) is 11.4. The molecule has 8 heteroatoms. The Bertz CT molecular complexity index is 834. The van der Waals surface area contributed by atoms with Crippen molar-refractivity contribution in [3.05, 3.63) is 42.0 Å². The fraction of sp³-hybridized carbons (Fsp3) is 0.438. The highest BCUT2D eigenvalue weighted by atomic mass is 32.2. The van der Waals surface area contributed by atoms with Gasteiger partial charge in [-0.15, -0.1) is 0 Å². The average molecular weight is 352 g/mol. The van der Waals surface area contributed by atoms with Gasteiger partial charge in [-0.1, -0.05) is 0 Å². The van der Waals surface area contributed by atoms with Crippen molar-refractivity contribution in [2.24, 2.45) is 0 Å². The van der Waals surface area contributed by atoms with E-state index in [9.17, 15) is 12.8 Å². The van der Waals surface area contributed by atoms with Crippen LogP contribution in [-0.4, -0.2) is 48.7 Å². The number of aryl methyl sites for hydroxylation is 1. The Labute approximate surface area is 141 Å². The number of nitrogens with one attached hydrogen (secondary N) is 1. The normalized spacial score (nSPS) is 19.5. The van der Waals surface area contributed by atoms with Crippen molar-refractivity contribution in [1.29, 1.82) is 0 Å². The van der Waals surface area contributed by atoms with Crippen molar-refractivity contribution in [2.45, 2.75) is 30.7 Å². The zero-order chi connectivity index (χ0) is 17.3. The molecule has 130 valence electrons. The van der Waals surface area contributed by atoms with E-state index < -0.39 is 15.8 Å². The van der Waals surface area contributed by atoms with Crippen LogP contribution in [0.3, 0.4) is 0 Å². The summed E-state index contributed by atoms with van der Waals surface area (Å²) >= 11 is 0. The Morgan fingerprint density at radius 2 is 2.17 bits per heavy atom. The van der Waals surface area contributed by atoms with Gasteiger partial charge in [0.15, 0.2) is 0 Å². The van der Waals surface area contributed by atoms with E-state index in [-0.39, 0.29) is 16.6 Å². The van der Waals surface area contributed by atoms with E-state index in [0.717, 1.165) is 24.5 Å². The summed E-state index contributed by atoms with van der Waals surface area (Å²) in [6.45, 7) is 2.72. The molecule has 0 bridgehead atoms. The van der Waals surface area contributed by atoms with Crippen LogP contribution in [0.15, 0.2) is 35.5 Å². The lowest BCUT2D eigenvalue weighted by atomic mass is 10.1. The van der Waals surface area contributed by atoms with Crippen molar-refractivity contribution < 1.29 is 12.8 Å². The Morgan fingerprint density at radius 1 is 1.38 bits per heavy atom. The Balaban J connectivity index is 1.90. The summed E-state index contributed by atoms with van der Waals surface area (Å²) in [4.78, 5) is -0.0237. The number of piperidine rings is 1. The second-order valence-electron chi connectivity index (χ2n) is 6.07. The number of benzene rings is 1. The number of likely N-dealkylation sites (N-methyl/N-ethyl adjacent to an activating group) is 1. The molecule has 1 aliphatic heterocycles. The summed E-state index contributed by atoms with van der Waals surface area (Å²) in [5.41, 5.74) is 1.13. The zero-order valence-electron chi connectivity index (χ0n) is 13.7. The lowest BCUT2D eigenvalue weighted by Crippen LogP contribution is -2.46. The molecule has 0 amide bonds. The fourth-order valence-corrected chi connectivity index (χ4v) is 4.46. The molecular weight excluding hydrogens is 331 g/mol. The van der Waals surface area contributed by atoms with E-state index in [1.807, 2.05) is 14.0 Å². The molecule has 1 N–H and O–H groups in total. The van der Waals surface area contributed by atoms with E-state index >= 15 is 0 Å². The molecule has 1 saturated heterocycles. The second-order valence-corrected chi connectivity index (χ2v) is 8.00. The molecule has 1 unspecified atom stereocenters. The van der Waals surface area contributed by atoms with Gasteiger partial charge in [0.05, 0.1) is 11.1 Å². The maximum Gasteiger partial charge on any atom is 0.243 e. The molecule has 0 aliphatic carbocycles. The smallest absolute Gasteiger partial charge is 0.243 e. The van der Waals surface area contributed by atoms with E-state index in [1.54, 1.807) is 12.4 Å². The molecule has 2 aromatic rings. The average Bonchev–Trinajstić information content (AvgIpc) is 3.01. The van der Waals surface area contributed by atoms with Gasteiger partial charge in [0.1, 0.15) is 11.5 Å². The van der Waals surface area contributed by atoms with Crippen molar-refractivity contribution in [3.8, 4) is 5.69 Å². The first kappa shape index (κ1) is 17.1. The number of hydrogen-bond acceptors (Lipinski definition) is 4. The Kier molecular flexibility index (Phi) is 4.71. The molecule has 1 aromatic heterocycles. The highest BCUT2D eigenvalue weighted by Crippen LogP contribution is 2.24. The first-order valence-electron chi connectivity index (χ1n) is 7.90. The third-order valence-corrected chi connectivity index (χ3v) is 6.17. The summed E-state index contributed by atoms with van der Waals surface area (Å²) in [6.07, 6.45) is 5.04. The number of aromatic nitrogens is 2. The van der Waals surface area contributed by atoms with E-state index in [4.69, 9.17) is 0 Å². The maximum atomic E-state index is 14.4. The van der Waals surface area contributed by atoms with Crippen molar-refractivity contribution >= 4 is 10.0 Å². The molecule has 24 heavy (non-hydrogen) atoms. The summed E-state index contributed by atoms with van der Waals surface area (Å²) in [5.74, 6) is -0.610. The van der Waals surface area contributed by atoms with Crippen molar-refractivity contribution in [2.75, 3.05) is 20.1 Å². The van der Waals surface area contributed by atoms with Crippen LogP contribution in [0, 0.1) is 12.7 Å². The Hall–Kier alpha value is -1.77. The number of hydrogen-bond donors (Lipinski definition) is 1. The van der Waals surface area contributed by atoms with Gasteiger partial charge in [-0.25, -0.2) is 17.5 Å². The molecule has 1 atom stereocenters. The van der Waals surface area contributed by atoms with Crippen LogP contribution in [0.1, 0.15) is 18.4 Å². The largest absolute Gasteiger partial charge is 0.316 e. The highest BCUT2D eigenvalue weighted by Gasteiger charge is 2.30. The molecular formula is C16H21FN4O2S. The summed E-state index contributed by atoms with van der Waals surface area (Å²) in [5, 5.41) is 7.17. The molecule has 0 spiro atoms. The topological polar surface area (TPSA) is 67.2 Å². The van der Waals surface area contributed by atoms with Gasteiger partial charge < -0.3 is 5.32 Å². The summed E-state index contributed by atoms with van der Waals surface area (Å²) < 4.78 is 42.8. The van der Waals surface area contributed by atoms with Gasteiger partial charge in [-0.05, 0) is 50.6 Å².